The minimum atomic E-state index is 0.645. The van der Waals surface area contributed by atoms with Crippen molar-refractivity contribution in [3.8, 4) is 11.5 Å². The monoisotopic (exact) mass is 331 g/mol. The molecule has 0 aliphatic carbocycles. The molecule has 0 amide bonds. The van der Waals surface area contributed by atoms with Crippen LogP contribution < -0.4 is 14.8 Å². The molecule has 1 aliphatic heterocycles. The van der Waals surface area contributed by atoms with E-state index in [1.807, 2.05) is 13.8 Å². The first-order chi connectivity index (χ1) is 11.7. The molecule has 24 heavy (non-hydrogen) atoms. The zero-order valence-corrected chi connectivity index (χ0v) is 15.1. The lowest BCUT2D eigenvalue weighted by atomic mass is 10.1. The fourth-order valence-electron chi connectivity index (χ4n) is 3.42. The number of nitrogens with zero attached hydrogens (tertiary/aromatic N) is 2. The molecule has 0 saturated carbocycles. The van der Waals surface area contributed by atoms with Crippen molar-refractivity contribution in [1.29, 1.82) is 0 Å². The van der Waals surface area contributed by atoms with Gasteiger partial charge in [-0.3, -0.25) is 0 Å². The number of piperazine rings is 1. The minimum absolute atomic E-state index is 0.645. The van der Waals surface area contributed by atoms with Crippen molar-refractivity contribution in [2.24, 2.45) is 7.05 Å². The maximum absolute atomic E-state index is 5.80. The normalized spacial score (nSPS) is 15.8. The van der Waals surface area contributed by atoms with Gasteiger partial charge in [0.1, 0.15) is 0 Å². The van der Waals surface area contributed by atoms with E-state index in [2.05, 4.69) is 40.2 Å². The molecule has 1 aromatic heterocycles. The number of hydrogen-bond donors (Lipinski definition) is 1. The minimum Gasteiger partial charge on any atom is -0.490 e. The van der Waals surface area contributed by atoms with Gasteiger partial charge in [0, 0.05) is 57.4 Å². The van der Waals surface area contributed by atoms with Crippen LogP contribution in [0.3, 0.4) is 0 Å². The third-order valence-corrected chi connectivity index (χ3v) is 4.64. The molecule has 0 bridgehead atoms. The van der Waals surface area contributed by atoms with E-state index in [-0.39, 0.29) is 0 Å². The van der Waals surface area contributed by atoms with E-state index in [1.165, 1.54) is 16.5 Å². The summed E-state index contributed by atoms with van der Waals surface area (Å²) < 4.78 is 13.8. The molecule has 1 N–H and O–H groups in total. The Labute approximate surface area is 144 Å². The van der Waals surface area contributed by atoms with Gasteiger partial charge < -0.3 is 24.3 Å². The number of benzene rings is 1. The van der Waals surface area contributed by atoms with Crippen LogP contribution in [0.5, 0.6) is 11.5 Å². The van der Waals surface area contributed by atoms with E-state index in [0.717, 1.165) is 50.6 Å². The largest absolute Gasteiger partial charge is 0.490 e. The van der Waals surface area contributed by atoms with Crippen LogP contribution in [0, 0.1) is 0 Å². The molecule has 2 heterocycles. The lowest BCUT2D eigenvalue weighted by molar-refractivity contribution is 0.244. The second kappa shape index (κ2) is 7.90. The third kappa shape index (κ3) is 3.68. The summed E-state index contributed by atoms with van der Waals surface area (Å²) in [5, 5.41) is 4.69. The number of nitrogens with one attached hydrogen (secondary N) is 1. The van der Waals surface area contributed by atoms with Gasteiger partial charge in [0.15, 0.2) is 11.5 Å². The third-order valence-electron chi connectivity index (χ3n) is 4.64. The van der Waals surface area contributed by atoms with Crippen LogP contribution in [0.15, 0.2) is 18.3 Å². The van der Waals surface area contributed by atoms with Gasteiger partial charge in [-0.1, -0.05) is 0 Å². The Balaban J connectivity index is 1.86. The first-order valence-electron chi connectivity index (χ1n) is 9.03. The van der Waals surface area contributed by atoms with Crippen LogP contribution in [0.25, 0.3) is 10.9 Å². The topological polar surface area (TPSA) is 38.7 Å². The second-order valence-corrected chi connectivity index (χ2v) is 6.29. The van der Waals surface area contributed by atoms with E-state index in [0.29, 0.717) is 13.2 Å². The second-order valence-electron chi connectivity index (χ2n) is 6.29. The van der Waals surface area contributed by atoms with Gasteiger partial charge in [-0.2, -0.15) is 0 Å². The smallest absolute Gasteiger partial charge is 0.163 e. The van der Waals surface area contributed by atoms with Crippen molar-refractivity contribution in [1.82, 2.24) is 14.8 Å². The fourth-order valence-corrected chi connectivity index (χ4v) is 3.42. The fraction of sp³-hybridized carbons (Fsp3) is 0.579. The molecule has 5 nitrogen and oxygen atoms in total. The Bertz CT molecular complexity index is 675. The van der Waals surface area contributed by atoms with Crippen LogP contribution in [-0.4, -0.2) is 55.4 Å². The molecule has 5 heteroatoms. The highest BCUT2D eigenvalue weighted by atomic mass is 16.5. The number of hydrogen-bond acceptors (Lipinski definition) is 4. The van der Waals surface area contributed by atoms with E-state index in [9.17, 15) is 0 Å². The summed E-state index contributed by atoms with van der Waals surface area (Å²) in [7, 11) is 2.10. The molecule has 132 valence electrons. The van der Waals surface area contributed by atoms with Crippen LogP contribution in [-0.2, 0) is 13.5 Å². The first kappa shape index (κ1) is 17.1. The molecular weight excluding hydrogens is 302 g/mol. The highest BCUT2D eigenvalue weighted by molar-refractivity contribution is 5.87. The summed E-state index contributed by atoms with van der Waals surface area (Å²) in [4.78, 5) is 2.54. The Hall–Kier alpha value is -1.72. The predicted octanol–water partition coefficient (Wildman–Crippen LogP) is 2.42. The Morgan fingerprint density at radius 1 is 1.04 bits per heavy atom. The van der Waals surface area contributed by atoms with Crippen LogP contribution >= 0.6 is 0 Å². The van der Waals surface area contributed by atoms with E-state index < -0.39 is 0 Å². The summed E-state index contributed by atoms with van der Waals surface area (Å²) >= 11 is 0. The summed E-state index contributed by atoms with van der Waals surface area (Å²) in [5.74, 6) is 1.68. The molecule has 0 unspecified atom stereocenters. The van der Waals surface area contributed by atoms with E-state index >= 15 is 0 Å². The van der Waals surface area contributed by atoms with Crippen LogP contribution in [0.2, 0.25) is 0 Å². The highest BCUT2D eigenvalue weighted by Crippen LogP contribution is 2.35. The van der Waals surface area contributed by atoms with Gasteiger partial charge in [0.05, 0.1) is 18.7 Å². The number of aryl methyl sites for hydroxylation is 1. The van der Waals surface area contributed by atoms with Crippen molar-refractivity contribution in [3.63, 3.8) is 0 Å². The zero-order chi connectivity index (χ0) is 16.9. The van der Waals surface area contributed by atoms with Gasteiger partial charge in [0.2, 0.25) is 0 Å². The van der Waals surface area contributed by atoms with Gasteiger partial charge >= 0.3 is 0 Å². The molecule has 0 atom stereocenters. The van der Waals surface area contributed by atoms with E-state index in [4.69, 9.17) is 9.47 Å². The molecule has 0 radical (unpaired) electrons. The Morgan fingerprint density at radius 3 is 2.38 bits per heavy atom. The lowest BCUT2D eigenvalue weighted by Crippen LogP contribution is -2.44. The van der Waals surface area contributed by atoms with Crippen molar-refractivity contribution in [3.05, 3.63) is 23.9 Å². The molecule has 1 aromatic carbocycles. The van der Waals surface area contributed by atoms with Crippen LogP contribution in [0.1, 0.15) is 19.4 Å². The zero-order valence-electron chi connectivity index (χ0n) is 15.1. The van der Waals surface area contributed by atoms with Crippen molar-refractivity contribution in [2.45, 2.75) is 20.3 Å². The van der Waals surface area contributed by atoms with Crippen molar-refractivity contribution in [2.75, 3.05) is 45.9 Å². The quantitative estimate of drug-likeness (QED) is 0.846. The summed E-state index contributed by atoms with van der Waals surface area (Å²) in [6, 6.07) is 4.26. The van der Waals surface area contributed by atoms with Gasteiger partial charge in [-0.25, -0.2) is 0 Å². The molecule has 2 aromatic rings. The molecule has 3 rings (SSSR count). The Kier molecular flexibility index (Phi) is 5.63. The summed E-state index contributed by atoms with van der Waals surface area (Å²) in [6.45, 7) is 10.9. The standard InChI is InChI=1S/C19H29N3O2/c1-4-23-18-12-16-15(6-9-22-10-7-20-8-11-22)14-21(3)17(16)13-19(18)24-5-2/h12-14,20H,4-11H2,1-3H3. The Morgan fingerprint density at radius 2 is 1.71 bits per heavy atom. The maximum atomic E-state index is 5.80. The summed E-state index contributed by atoms with van der Waals surface area (Å²) in [5.41, 5.74) is 2.59. The number of ether oxygens (including phenoxy) is 2. The molecular formula is C19H29N3O2. The van der Waals surface area contributed by atoms with E-state index in [1.54, 1.807) is 0 Å². The van der Waals surface area contributed by atoms with Crippen molar-refractivity contribution >= 4 is 10.9 Å². The van der Waals surface area contributed by atoms with Crippen LogP contribution in [0.4, 0.5) is 0 Å². The average Bonchev–Trinajstić information content (AvgIpc) is 2.90. The molecule has 0 spiro atoms. The van der Waals surface area contributed by atoms with Gasteiger partial charge in [0.25, 0.3) is 0 Å². The summed E-state index contributed by atoms with van der Waals surface area (Å²) in [6.07, 6.45) is 3.31. The number of aromatic nitrogens is 1. The average molecular weight is 331 g/mol. The molecule has 1 fully saturated rings. The predicted molar refractivity (Wildman–Crippen MR) is 98.3 cm³/mol. The van der Waals surface area contributed by atoms with Gasteiger partial charge in [-0.15, -0.1) is 0 Å². The molecule has 1 aliphatic rings. The van der Waals surface area contributed by atoms with Gasteiger partial charge in [-0.05, 0) is 31.9 Å². The SMILES string of the molecule is CCOc1cc2c(CCN3CCNCC3)cn(C)c2cc1OCC. The lowest BCUT2D eigenvalue weighted by Gasteiger charge is -2.26. The molecule has 1 saturated heterocycles. The van der Waals surface area contributed by atoms with Crippen molar-refractivity contribution < 1.29 is 9.47 Å². The first-order valence-corrected chi connectivity index (χ1v) is 9.03. The number of fused-ring (bicyclic) bond motifs is 1. The maximum Gasteiger partial charge on any atom is 0.163 e. The number of rotatable bonds is 7. The highest BCUT2D eigenvalue weighted by Gasteiger charge is 2.15.